The van der Waals surface area contributed by atoms with E-state index in [0.29, 0.717) is 16.5 Å². The zero-order chi connectivity index (χ0) is 11.7. The van der Waals surface area contributed by atoms with Gasteiger partial charge in [0.25, 0.3) is 0 Å². The number of pyridine rings is 1. The normalized spacial score (nSPS) is 12.8. The van der Waals surface area contributed by atoms with E-state index in [1.165, 1.54) is 0 Å². The van der Waals surface area contributed by atoms with Gasteiger partial charge in [-0.2, -0.15) is 0 Å². The maximum atomic E-state index is 10.7. The quantitative estimate of drug-likeness (QED) is 0.771. The Bertz CT molecular complexity index is 539. The minimum atomic E-state index is -0.884. The maximum absolute atomic E-state index is 10.7. The molecule has 7 heteroatoms. The predicted octanol–water partition coefficient (Wildman–Crippen LogP) is 0.877. The number of carboxylic acids is 1. The van der Waals surface area contributed by atoms with E-state index in [9.17, 15) is 4.79 Å². The largest absolute Gasteiger partial charge is 0.480 e. The molecule has 0 spiro atoms. The Morgan fingerprint density at radius 1 is 1.56 bits per heavy atom. The van der Waals surface area contributed by atoms with Crippen molar-refractivity contribution in [3.05, 3.63) is 18.3 Å². The minimum Gasteiger partial charge on any atom is -0.480 e. The number of nitrogens with two attached hydrogens (primary N) is 1. The first-order valence-corrected chi connectivity index (χ1v) is 5.45. The molecule has 0 saturated carbocycles. The number of rotatable bonds is 3. The summed E-state index contributed by atoms with van der Waals surface area (Å²) < 4.78 is 1.68. The zero-order valence-corrected chi connectivity index (χ0v) is 9.31. The number of nitrogen functional groups attached to an aromatic ring is 1. The SMILES string of the molecule is CC(Sc1nnc2ccc(N)cn12)C(=O)O. The smallest absolute Gasteiger partial charge is 0.316 e. The van der Waals surface area contributed by atoms with Gasteiger partial charge in [-0.3, -0.25) is 9.20 Å². The highest BCUT2D eigenvalue weighted by Crippen LogP contribution is 2.22. The molecule has 0 aliphatic carbocycles. The molecule has 1 unspecified atom stereocenters. The van der Waals surface area contributed by atoms with Gasteiger partial charge in [0.2, 0.25) is 0 Å². The Morgan fingerprint density at radius 3 is 3.00 bits per heavy atom. The van der Waals surface area contributed by atoms with Crippen molar-refractivity contribution in [3.8, 4) is 0 Å². The summed E-state index contributed by atoms with van der Waals surface area (Å²) in [5.41, 5.74) is 6.87. The van der Waals surface area contributed by atoms with Crippen LogP contribution in [-0.4, -0.2) is 30.9 Å². The Hall–Kier alpha value is -1.76. The lowest BCUT2D eigenvalue weighted by Crippen LogP contribution is -2.11. The van der Waals surface area contributed by atoms with Crippen molar-refractivity contribution in [2.45, 2.75) is 17.3 Å². The molecule has 3 N–H and O–H groups in total. The fraction of sp³-hybridized carbons (Fsp3) is 0.222. The first kappa shape index (κ1) is 10.7. The van der Waals surface area contributed by atoms with E-state index in [4.69, 9.17) is 10.8 Å². The van der Waals surface area contributed by atoms with Crippen LogP contribution in [0.25, 0.3) is 5.65 Å². The van der Waals surface area contributed by atoms with Crippen LogP contribution < -0.4 is 5.73 Å². The van der Waals surface area contributed by atoms with Crippen LogP contribution in [0.4, 0.5) is 5.69 Å². The van der Waals surface area contributed by atoms with Crippen LogP contribution in [-0.2, 0) is 4.79 Å². The summed E-state index contributed by atoms with van der Waals surface area (Å²) in [5, 5.41) is 16.6. The Kier molecular flexibility index (Phi) is 2.69. The molecule has 0 aliphatic heterocycles. The second-order valence-electron chi connectivity index (χ2n) is 3.27. The highest BCUT2D eigenvalue weighted by Gasteiger charge is 2.16. The van der Waals surface area contributed by atoms with Crippen molar-refractivity contribution in [2.75, 3.05) is 5.73 Å². The van der Waals surface area contributed by atoms with E-state index < -0.39 is 11.2 Å². The Labute approximate surface area is 95.5 Å². The number of thioether (sulfide) groups is 1. The molecule has 0 radical (unpaired) electrons. The van der Waals surface area contributed by atoms with Crippen molar-refractivity contribution < 1.29 is 9.90 Å². The second-order valence-corrected chi connectivity index (χ2v) is 4.58. The van der Waals surface area contributed by atoms with E-state index in [0.717, 1.165) is 11.8 Å². The minimum absolute atomic E-state index is 0.525. The number of aromatic nitrogens is 3. The van der Waals surface area contributed by atoms with Crippen molar-refractivity contribution in [1.82, 2.24) is 14.6 Å². The topological polar surface area (TPSA) is 93.5 Å². The number of hydrogen-bond donors (Lipinski definition) is 2. The molecule has 2 heterocycles. The van der Waals surface area contributed by atoms with Gasteiger partial charge in [-0.25, -0.2) is 0 Å². The third kappa shape index (κ3) is 1.94. The molecule has 0 aromatic carbocycles. The van der Waals surface area contributed by atoms with Crippen LogP contribution in [0.2, 0.25) is 0 Å². The van der Waals surface area contributed by atoms with Gasteiger partial charge in [-0.15, -0.1) is 10.2 Å². The average molecular weight is 238 g/mol. The lowest BCUT2D eigenvalue weighted by Gasteiger charge is -2.03. The van der Waals surface area contributed by atoms with Crippen LogP contribution in [0.5, 0.6) is 0 Å². The fourth-order valence-electron chi connectivity index (χ4n) is 1.18. The molecule has 0 bridgehead atoms. The number of hydrogen-bond acceptors (Lipinski definition) is 5. The highest BCUT2D eigenvalue weighted by molar-refractivity contribution is 8.00. The molecule has 0 amide bonds. The zero-order valence-electron chi connectivity index (χ0n) is 8.49. The van der Waals surface area contributed by atoms with Crippen LogP contribution in [0, 0.1) is 0 Å². The van der Waals surface area contributed by atoms with E-state index in [1.54, 1.807) is 29.7 Å². The summed E-state index contributed by atoms with van der Waals surface area (Å²) in [5.74, 6) is -0.884. The maximum Gasteiger partial charge on any atom is 0.316 e. The molecular weight excluding hydrogens is 228 g/mol. The molecule has 16 heavy (non-hydrogen) atoms. The van der Waals surface area contributed by atoms with Gasteiger partial charge in [0, 0.05) is 11.9 Å². The number of fused-ring (bicyclic) bond motifs is 1. The average Bonchev–Trinajstić information content (AvgIpc) is 2.61. The molecule has 2 aromatic heterocycles. The first-order valence-electron chi connectivity index (χ1n) is 4.57. The molecule has 0 aliphatic rings. The van der Waals surface area contributed by atoms with Crippen molar-refractivity contribution in [2.24, 2.45) is 0 Å². The summed E-state index contributed by atoms with van der Waals surface area (Å²) in [7, 11) is 0. The molecule has 0 saturated heterocycles. The van der Waals surface area contributed by atoms with Crippen LogP contribution in [0.1, 0.15) is 6.92 Å². The lowest BCUT2D eigenvalue weighted by molar-refractivity contribution is -0.136. The van der Waals surface area contributed by atoms with Gasteiger partial charge in [0.05, 0.1) is 0 Å². The van der Waals surface area contributed by atoms with E-state index >= 15 is 0 Å². The van der Waals surface area contributed by atoms with Crippen LogP contribution in [0.3, 0.4) is 0 Å². The molecule has 84 valence electrons. The van der Waals surface area contributed by atoms with E-state index in [1.807, 2.05) is 0 Å². The molecule has 6 nitrogen and oxygen atoms in total. The molecular formula is C9H10N4O2S. The standard InChI is InChI=1S/C9H10N4O2S/c1-5(8(14)15)16-9-12-11-7-3-2-6(10)4-13(7)9/h2-5H,10H2,1H3,(H,14,15). The van der Waals surface area contributed by atoms with Crippen molar-refractivity contribution in [1.29, 1.82) is 0 Å². The fourth-order valence-corrected chi connectivity index (χ4v) is 1.94. The Morgan fingerprint density at radius 2 is 2.31 bits per heavy atom. The van der Waals surface area contributed by atoms with Gasteiger partial charge in [-0.1, -0.05) is 11.8 Å². The summed E-state index contributed by atoms with van der Waals surface area (Å²) >= 11 is 1.13. The van der Waals surface area contributed by atoms with Gasteiger partial charge in [0.15, 0.2) is 10.8 Å². The number of carbonyl (C=O) groups is 1. The number of aliphatic carboxylic acids is 1. The first-order chi connectivity index (χ1) is 7.58. The van der Waals surface area contributed by atoms with Gasteiger partial charge < -0.3 is 10.8 Å². The van der Waals surface area contributed by atoms with Crippen LogP contribution in [0.15, 0.2) is 23.5 Å². The second kappa shape index (κ2) is 4.01. The Balaban J connectivity index is 2.37. The van der Waals surface area contributed by atoms with Crippen LogP contribution >= 0.6 is 11.8 Å². The molecule has 0 fully saturated rings. The third-order valence-electron chi connectivity index (χ3n) is 2.02. The van der Waals surface area contributed by atoms with Crippen molar-refractivity contribution in [3.63, 3.8) is 0 Å². The summed E-state index contributed by atoms with van der Waals surface area (Å²) in [6.07, 6.45) is 1.67. The van der Waals surface area contributed by atoms with E-state index in [2.05, 4.69) is 10.2 Å². The molecule has 2 aromatic rings. The van der Waals surface area contributed by atoms with Gasteiger partial charge in [0.1, 0.15) is 5.25 Å². The summed E-state index contributed by atoms with van der Waals surface area (Å²) in [6, 6.07) is 3.46. The number of carboxylic acid groups (broad SMARTS) is 1. The number of nitrogens with zero attached hydrogens (tertiary/aromatic N) is 3. The summed E-state index contributed by atoms with van der Waals surface area (Å²) in [6.45, 7) is 1.60. The van der Waals surface area contributed by atoms with Crippen molar-refractivity contribution >= 4 is 29.1 Å². The monoisotopic (exact) mass is 238 g/mol. The predicted molar refractivity (Wildman–Crippen MR) is 60.4 cm³/mol. The number of anilines is 1. The van der Waals surface area contributed by atoms with Gasteiger partial charge >= 0.3 is 5.97 Å². The van der Waals surface area contributed by atoms with Gasteiger partial charge in [-0.05, 0) is 19.1 Å². The third-order valence-corrected chi connectivity index (χ3v) is 3.07. The van der Waals surface area contributed by atoms with E-state index in [-0.39, 0.29) is 0 Å². The molecule has 1 atom stereocenters. The molecule has 2 rings (SSSR count). The summed E-state index contributed by atoms with van der Waals surface area (Å²) in [4.78, 5) is 10.7. The highest BCUT2D eigenvalue weighted by atomic mass is 32.2. The lowest BCUT2D eigenvalue weighted by atomic mass is 10.4.